The summed E-state index contributed by atoms with van der Waals surface area (Å²) in [5.74, 6) is 0. The highest BCUT2D eigenvalue weighted by Gasteiger charge is 2.25. The van der Waals surface area contributed by atoms with Crippen LogP contribution >= 0.6 is 0 Å². The van der Waals surface area contributed by atoms with E-state index in [4.69, 9.17) is 9.47 Å². The highest BCUT2D eigenvalue weighted by atomic mass is 16.7. The van der Waals surface area contributed by atoms with E-state index in [-0.39, 0.29) is 30.0 Å². The maximum atomic E-state index is 9.42. The van der Waals surface area contributed by atoms with Crippen molar-refractivity contribution in [3.8, 4) is 0 Å². The van der Waals surface area contributed by atoms with Crippen LogP contribution in [0.4, 0.5) is 0 Å². The van der Waals surface area contributed by atoms with Crippen molar-refractivity contribution in [3.63, 3.8) is 0 Å². The molecule has 0 radical (unpaired) electrons. The third kappa shape index (κ3) is 9.86. The summed E-state index contributed by atoms with van der Waals surface area (Å²) in [5, 5.41) is 9.42. The number of hydrogen-bond donors (Lipinski definition) is 1. The van der Waals surface area contributed by atoms with Crippen molar-refractivity contribution < 1.29 is 14.6 Å². The Hall–Kier alpha value is -0.120. The Morgan fingerprint density at radius 1 is 1.06 bits per heavy atom. The van der Waals surface area contributed by atoms with E-state index in [1.165, 1.54) is 0 Å². The molecule has 0 spiro atoms. The molecule has 0 saturated carbocycles. The molecular weight excluding hydrogens is 228 g/mol. The number of rotatable bonds is 7. The Morgan fingerprint density at radius 3 is 1.94 bits per heavy atom. The van der Waals surface area contributed by atoms with E-state index < -0.39 is 0 Å². The maximum absolute atomic E-state index is 9.42. The molecule has 2 unspecified atom stereocenters. The predicted molar refractivity (Wildman–Crippen MR) is 75.6 cm³/mol. The van der Waals surface area contributed by atoms with Crippen LogP contribution in [0.3, 0.4) is 0 Å². The molecule has 3 nitrogen and oxygen atoms in total. The zero-order valence-corrected chi connectivity index (χ0v) is 13.2. The highest BCUT2D eigenvalue weighted by Crippen LogP contribution is 2.25. The minimum Gasteiger partial charge on any atom is -0.394 e. The van der Waals surface area contributed by atoms with Crippen LogP contribution < -0.4 is 0 Å². The third-order valence-corrected chi connectivity index (χ3v) is 2.40. The molecule has 0 amide bonds. The summed E-state index contributed by atoms with van der Waals surface area (Å²) in [6.45, 7) is 14.7. The Bertz CT molecular complexity index is 213. The second-order valence-electron chi connectivity index (χ2n) is 7.15. The topological polar surface area (TPSA) is 38.7 Å². The van der Waals surface area contributed by atoms with Crippen LogP contribution in [0.2, 0.25) is 0 Å². The quantitative estimate of drug-likeness (QED) is 0.709. The van der Waals surface area contributed by atoms with Gasteiger partial charge in [-0.1, -0.05) is 34.1 Å². The fourth-order valence-electron chi connectivity index (χ4n) is 1.84. The van der Waals surface area contributed by atoms with Gasteiger partial charge >= 0.3 is 0 Å². The van der Waals surface area contributed by atoms with Crippen LogP contribution in [-0.2, 0) is 9.47 Å². The summed E-state index contributed by atoms with van der Waals surface area (Å²) in [7, 11) is 0. The molecule has 110 valence electrons. The highest BCUT2D eigenvalue weighted by molar-refractivity contribution is 4.70. The lowest BCUT2D eigenvalue weighted by atomic mass is 9.89. The van der Waals surface area contributed by atoms with Gasteiger partial charge in [-0.3, -0.25) is 0 Å². The zero-order chi connectivity index (χ0) is 14.4. The van der Waals surface area contributed by atoms with Crippen molar-refractivity contribution in [1.29, 1.82) is 0 Å². The molecule has 2 atom stereocenters. The van der Waals surface area contributed by atoms with E-state index in [1.807, 2.05) is 20.8 Å². The Morgan fingerprint density at radius 2 is 1.61 bits per heavy atom. The SMILES string of the molecule is CCCC(OC(CO)CC(C)(C)C)OC(C)(C)C. The number of aliphatic hydroxyl groups is 1. The van der Waals surface area contributed by atoms with Crippen LogP contribution in [-0.4, -0.2) is 29.7 Å². The van der Waals surface area contributed by atoms with Gasteiger partial charge in [-0.15, -0.1) is 0 Å². The van der Waals surface area contributed by atoms with Crippen LogP contribution in [0.1, 0.15) is 67.7 Å². The average Bonchev–Trinajstić information content (AvgIpc) is 2.12. The Balaban J connectivity index is 4.44. The van der Waals surface area contributed by atoms with Gasteiger partial charge in [0.05, 0.1) is 18.3 Å². The molecule has 1 N–H and O–H groups in total. The van der Waals surface area contributed by atoms with E-state index in [2.05, 4.69) is 27.7 Å². The van der Waals surface area contributed by atoms with Gasteiger partial charge in [0.2, 0.25) is 0 Å². The van der Waals surface area contributed by atoms with Crippen molar-refractivity contribution in [3.05, 3.63) is 0 Å². The van der Waals surface area contributed by atoms with Crippen molar-refractivity contribution in [2.45, 2.75) is 85.7 Å². The van der Waals surface area contributed by atoms with Gasteiger partial charge in [-0.2, -0.15) is 0 Å². The van der Waals surface area contributed by atoms with Crippen LogP contribution in [0, 0.1) is 5.41 Å². The lowest BCUT2D eigenvalue weighted by molar-refractivity contribution is -0.226. The monoisotopic (exact) mass is 260 g/mol. The Labute approximate surface area is 113 Å². The van der Waals surface area contributed by atoms with Crippen LogP contribution in [0.15, 0.2) is 0 Å². The van der Waals surface area contributed by atoms with E-state index >= 15 is 0 Å². The normalized spacial score (nSPS) is 16.7. The molecular formula is C15H32O3. The first-order valence-corrected chi connectivity index (χ1v) is 7.01. The van der Waals surface area contributed by atoms with Gasteiger partial charge in [0.25, 0.3) is 0 Å². The molecule has 0 aliphatic carbocycles. The summed E-state index contributed by atoms with van der Waals surface area (Å²) in [5.41, 5.74) is -0.0759. The summed E-state index contributed by atoms with van der Waals surface area (Å²) < 4.78 is 11.8. The second kappa shape index (κ2) is 7.46. The smallest absolute Gasteiger partial charge is 0.158 e. The predicted octanol–water partition coefficient (Wildman–Crippen LogP) is 3.74. The lowest BCUT2D eigenvalue weighted by Gasteiger charge is -2.32. The maximum Gasteiger partial charge on any atom is 0.158 e. The van der Waals surface area contributed by atoms with Gasteiger partial charge < -0.3 is 14.6 Å². The molecule has 0 aromatic heterocycles. The standard InChI is InChI=1S/C15H32O3/c1-8-9-13(18-15(5,6)7)17-12(11-16)10-14(2,3)4/h12-13,16H,8-11H2,1-7H3. The summed E-state index contributed by atoms with van der Waals surface area (Å²) in [6.07, 6.45) is 2.32. The van der Waals surface area contributed by atoms with Crippen LogP contribution in [0.25, 0.3) is 0 Å². The van der Waals surface area contributed by atoms with Crippen molar-refractivity contribution in [2.75, 3.05) is 6.61 Å². The molecule has 0 aromatic carbocycles. The number of aliphatic hydroxyl groups excluding tert-OH is 1. The first kappa shape index (κ1) is 17.9. The third-order valence-electron chi connectivity index (χ3n) is 2.40. The van der Waals surface area contributed by atoms with Crippen molar-refractivity contribution in [1.82, 2.24) is 0 Å². The molecule has 0 aliphatic rings. The molecule has 0 fully saturated rings. The molecule has 3 heteroatoms. The summed E-state index contributed by atoms with van der Waals surface area (Å²) in [6, 6.07) is 0. The van der Waals surface area contributed by atoms with E-state index in [0.717, 1.165) is 19.3 Å². The van der Waals surface area contributed by atoms with E-state index in [1.54, 1.807) is 0 Å². The average molecular weight is 260 g/mol. The van der Waals surface area contributed by atoms with E-state index in [0.29, 0.717) is 0 Å². The molecule has 0 heterocycles. The molecule has 18 heavy (non-hydrogen) atoms. The van der Waals surface area contributed by atoms with Gasteiger partial charge in [0.1, 0.15) is 0 Å². The minimum absolute atomic E-state index is 0.0466. The van der Waals surface area contributed by atoms with Crippen molar-refractivity contribution in [2.24, 2.45) is 5.41 Å². The minimum atomic E-state index is -0.227. The molecule has 0 aliphatic heterocycles. The largest absolute Gasteiger partial charge is 0.394 e. The molecule has 0 aromatic rings. The molecule has 0 rings (SSSR count). The fraction of sp³-hybridized carbons (Fsp3) is 1.00. The first-order valence-electron chi connectivity index (χ1n) is 7.01. The van der Waals surface area contributed by atoms with Crippen LogP contribution in [0.5, 0.6) is 0 Å². The summed E-state index contributed by atoms with van der Waals surface area (Å²) >= 11 is 0. The number of hydrogen-bond acceptors (Lipinski definition) is 3. The fourth-order valence-corrected chi connectivity index (χ4v) is 1.84. The first-order chi connectivity index (χ1) is 8.07. The van der Waals surface area contributed by atoms with Crippen molar-refractivity contribution >= 4 is 0 Å². The van der Waals surface area contributed by atoms with Gasteiger partial charge in [-0.25, -0.2) is 0 Å². The zero-order valence-electron chi connectivity index (χ0n) is 13.2. The number of ether oxygens (including phenoxy) is 2. The lowest BCUT2D eigenvalue weighted by Crippen LogP contribution is -2.35. The Kier molecular flexibility index (Phi) is 7.41. The molecule has 0 saturated heterocycles. The van der Waals surface area contributed by atoms with Gasteiger partial charge in [0, 0.05) is 0 Å². The summed E-state index contributed by atoms with van der Waals surface area (Å²) in [4.78, 5) is 0. The van der Waals surface area contributed by atoms with Gasteiger partial charge in [0.15, 0.2) is 6.29 Å². The van der Waals surface area contributed by atoms with E-state index in [9.17, 15) is 5.11 Å². The second-order valence-corrected chi connectivity index (χ2v) is 7.15. The van der Waals surface area contributed by atoms with Gasteiger partial charge in [-0.05, 0) is 39.0 Å². The molecule has 0 bridgehead atoms.